The second-order valence-electron chi connectivity index (χ2n) is 15.2. The molecule has 2 aromatic carbocycles. The number of carbonyl (C=O) groups excluding carboxylic acids is 3. The van der Waals surface area contributed by atoms with Crippen LogP contribution in [-0.2, 0) is 22.6 Å². The average molecular weight is 693 g/mol. The number of piperidine rings is 1. The molecular weight excluding hydrogens is 648 g/mol. The Morgan fingerprint density at radius 1 is 0.843 bits per heavy atom. The minimum absolute atomic E-state index is 0.157. The van der Waals surface area contributed by atoms with E-state index in [9.17, 15) is 19.5 Å². The van der Waals surface area contributed by atoms with E-state index in [2.05, 4.69) is 36.3 Å². The van der Waals surface area contributed by atoms with Gasteiger partial charge in [0.1, 0.15) is 23.1 Å². The molecule has 1 aromatic heterocycles. The predicted molar refractivity (Wildman–Crippen MR) is 189 cm³/mol. The van der Waals surface area contributed by atoms with Crippen molar-refractivity contribution in [1.82, 2.24) is 30.2 Å². The first-order chi connectivity index (χ1) is 24.7. The summed E-state index contributed by atoms with van der Waals surface area (Å²) in [6.45, 7) is 5.90. The predicted octanol–water partition coefficient (Wildman–Crippen LogP) is 2.71. The number of carbonyl (C=O) groups is 3. The number of anilines is 2. The number of amides is 3. The van der Waals surface area contributed by atoms with Crippen molar-refractivity contribution in [2.45, 2.75) is 81.6 Å². The van der Waals surface area contributed by atoms with Crippen molar-refractivity contribution in [2.24, 2.45) is 0 Å². The van der Waals surface area contributed by atoms with Crippen molar-refractivity contribution in [3.05, 3.63) is 59.2 Å². The molecule has 1 saturated carbocycles. The number of ether oxygens (including phenoxy) is 1. The van der Waals surface area contributed by atoms with Crippen molar-refractivity contribution < 1.29 is 24.2 Å². The quantitative estimate of drug-likeness (QED) is 0.338. The van der Waals surface area contributed by atoms with Crippen LogP contribution < -0.4 is 20.7 Å². The molecule has 1 atom stereocenters. The Hall–Kier alpha value is -4.75. The maximum atomic E-state index is 13.4. The lowest BCUT2D eigenvalue weighted by Gasteiger charge is -2.55. The van der Waals surface area contributed by atoms with Gasteiger partial charge in [-0.25, -0.2) is 0 Å². The number of para-hydroxylation sites is 1. The van der Waals surface area contributed by atoms with Crippen molar-refractivity contribution >= 4 is 29.2 Å². The van der Waals surface area contributed by atoms with Gasteiger partial charge in [0, 0.05) is 75.4 Å². The fourth-order valence-corrected chi connectivity index (χ4v) is 9.34. The number of phenols is 1. The fourth-order valence-electron chi connectivity index (χ4n) is 9.34. The first-order valence-electron chi connectivity index (χ1n) is 18.4. The topological polar surface area (TPSA) is 157 Å². The largest absolute Gasteiger partial charge is 0.507 e. The first-order valence-corrected chi connectivity index (χ1v) is 18.4. The second-order valence-corrected chi connectivity index (χ2v) is 15.2. The standard InChI is InChI=1S/C38H44N8O5/c39-35-31(19-29(41-42-35)27-3-1-2-4-32(27)47)44-15-13-43(14-16-44)25-5-7-26(8-6-25)45-21-38(22-45)12-11-23-17-24-20-46(30-9-10-34(48)40-36(30)49)37(50)28(24)18-33(23)51-38/h1-4,17-19,25-26,30,47H,5-16,20-22H2,(H2,39,42)(H,40,48,49). The Morgan fingerprint density at radius 3 is 2.33 bits per heavy atom. The van der Waals surface area contributed by atoms with Crippen LogP contribution in [0, 0.1) is 0 Å². The number of aromatic nitrogens is 2. The van der Waals surface area contributed by atoms with Crippen LogP contribution in [0.2, 0.25) is 0 Å². The van der Waals surface area contributed by atoms with Gasteiger partial charge in [-0.15, -0.1) is 10.2 Å². The van der Waals surface area contributed by atoms with E-state index in [1.165, 1.54) is 25.7 Å². The van der Waals surface area contributed by atoms with Crippen LogP contribution in [0.5, 0.6) is 11.5 Å². The molecule has 266 valence electrons. The molecule has 6 aliphatic rings. The molecule has 0 bridgehead atoms. The lowest BCUT2D eigenvalue weighted by atomic mass is 9.80. The minimum atomic E-state index is -0.610. The number of phenolic OH excluding ortho intramolecular Hbond substituents is 1. The minimum Gasteiger partial charge on any atom is -0.507 e. The van der Waals surface area contributed by atoms with Crippen LogP contribution in [-0.4, -0.2) is 111 Å². The summed E-state index contributed by atoms with van der Waals surface area (Å²) in [6.07, 6.45) is 7.23. The highest BCUT2D eigenvalue weighted by Crippen LogP contribution is 2.44. The third-order valence-electron chi connectivity index (χ3n) is 12.2. The molecule has 51 heavy (non-hydrogen) atoms. The van der Waals surface area contributed by atoms with Crippen LogP contribution in [0.15, 0.2) is 42.5 Å². The molecule has 1 unspecified atom stereocenters. The Bertz CT molecular complexity index is 1900. The number of piperazine rings is 1. The molecule has 3 saturated heterocycles. The fraction of sp³-hybridized carbons (Fsp3) is 0.500. The summed E-state index contributed by atoms with van der Waals surface area (Å²) < 4.78 is 6.70. The van der Waals surface area contributed by atoms with Gasteiger partial charge in [0.05, 0.1) is 11.4 Å². The molecule has 13 nitrogen and oxygen atoms in total. The number of likely N-dealkylation sites (tertiary alicyclic amines) is 1. The molecule has 4 fully saturated rings. The van der Waals surface area contributed by atoms with Gasteiger partial charge in [-0.1, -0.05) is 12.1 Å². The number of nitrogens with two attached hydrogens (primary N) is 1. The van der Waals surface area contributed by atoms with E-state index in [0.717, 1.165) is 74.7 Å². The molecule has 13 heteroatoms. The molecule has 6 heterocycles. The van der Waals surface area contributed by atoms with Crippen LogP contribution in [0.25, 0.3) is 11.3 Å². The lowest BCUT2D eigenvalue weighted by molar-refractivity contribution is -0.136. The summed E-state index contributed by atoms with van der Waals surface area (Å²) in [5.74, 6) is 0.573. The maximum absolute atomic E-state index is 13.4. The number of hydrogen-bond donors (Lipinski definition) is 3. The van der Waals surface area contributed by atoms with Gasteiger partial charge >= 0.3 is 0 Å². The monoisotopic (exact) mass is 692 g/mol. The maximum Gasteiger partial charge on any atom is 0.255 e. The van der Waals surface area contributed by atoms with Crippen LogP contribution in [0.1, 0.15) is 66.4 Å². The number of rotatable bonds is 5. The van der Waals surface area contributed by atoms with E-state index in [-0.39, 0.29) is 35.5 Å². The molecule has 3 amide bonds. The molecule has 3 aromatic rings. The summed E-state index contributed by atoms with van der Waals surface area (Å²) in [7, 11) is 0. The summed E-state index contributed by atoms with van der Waals surface area (Å²) >= 11 is 0. The summed E-state index contributed by atoms with van der Waals surface area (Å²) in [6, 6.07) is 13.6. The smallest absolute Gasteiger partial charge is 0.255 e. The number of benzene rings is 2. The van der Waals surface area contributed by atoms with Gasteiger partial charge < -0.3 is 25.4 Å². The van der Waals surface area contributed by atoms with Crippen molar-refractivity contribution in [1.29, 1.82) is 0 Å². The third-order valence-corrected chi connectivity index (χ3v) is 12.2. The summed E-state index contributed by atoms with van der Waals surface area (Å²) in [5, 5.41) is 21.2. The van der Waals surface area contributed by atoms with Crippen molar-refractivity contribution in [3.63, 3.8) is 0 Å². The van der Waals surface area contributed by atoms with Gasteiger partial charge in [-0.05, 0) is 86.4 Å². The van der Waals surface area contributed by atoms with E-state index >= 15 is 0 Å². The van der Waals surface area contributed by atoms with Gasteiger partial charge in [0.15, 0.2) is 5.82 Å². The average Bonchev–Trinajstić information content (AvgIpc) is 3.44. The number of hydrogen-bond acceptors (Lipinski definition) is 11. The number of nitrogen functional groups attached to an aromatic ring is 1. The molecule has 4 N–H and O–H groups in total. The number of imide groups is 1. The Morgan fingerprint density at radius 2 is 1.59 bits per heavy atom. The van der Waals surface area contributed by atoms with E-state index < -0.39 is 6.04 Å². The highest BCUT2D eigenvalue weighted by molar-refractivity contribution is 6.05. The zero-order valence-electron chi connectivity index (χ0n) is 28.7. The zero-order valence-corrected chi connectivity index (χ0v) is 28.7. The summed E-state index contributed by atoms with van der Waals surface area (Å²) in [5.41, 5.74) is 10.9. The van der Waals surface area contributed by atoms with E-state index in [0.29, 0.717) is 47.7 Å². The first kappa shape index (κ1) is 32.2. The van der Waals surface area contributed by atoms with Crippen molar-refractivity contribution in [3.8, 4) is 22.8 Å². The Labute approximate surface area is 296 Å². The molecule has 0 radical (unpaired) electrons. The number of nitrogens with one attached hydrogen (secondary N) is 1. The van der Waals surface area contributed by atoms with E-state index in [1.54, 1.807) is 17.0 Å². The normalized spacial score (nSPS) is 26.4. The highest BCUT2D eigenvalue weighted by atomic mass is 16.5. The Kier molecular flexibility index (Phi) is 7.88. The SMILES string of the molecule is Nc1nnc(-c2ccccc2O)cc1N1CCN(C2CCC(N3CC4(CCc5cc6c(cc5O4)C(=O)N(C4CCC(=O)NC4=O)C6)C3)CC2)CC1. The third kappa shape index (κ3) is 5.76. The molecule has 1 spiro atoms. The van der Waals surface area contributed by atoms with Gasteiger partial charge in [0.2, 0.25) is 11.8 Å². The molecule has 5 aliphatic heterocycles. The van der Waals surface area contributed by atoms with Crippen LogP contribution >= 0.6 is 0 Å². The number of aromatic hydroxyl groups is 1. The number of aryl methyl sites for hydroxylation is 1. The summed E-state index contributed by atoms with van der Waals surface area (Å²) in [4.78, 5) is 46.7. The molecule has 9 rings (SSSR count). The van der Waals surface area contributed by atoms with E-state index in [1.807, 2.05) is 24.3 Å². The zero-order chi connectivity index (χ0) is 34.9. The van der Waals surface area contributed by atoms with Gasteiger partial charge in [-0.2, -0.15) is 0 Å². The molecular formula is C38H44N8O5. The van der Waals surface area contributed by atoms with Crippen LogP contribution in [0.3, 0.4) is 0 Å². The van der Waals surface area contributed by atoms with E-state index in [4.69, 9.17) is 10.5 Å². The van der Waals surface area contributed by atoms with Crippen molar-refractivity contribution in [2.75, 3.05) is 49.9 Å². The molecule has 1 aliphatic carbocycles. The number of fused-ring (bicyclic) bond motifs is 2. The Balaban J connectivity index is 0.768. The second kappa shape index (κ2) is 12.5. The van der Waals surface area contributed by atoms with Gasteiger partial charge in [0.25, 0.3) is 5.91 Å². The highest BCUT2D eigenvalue weighted by Gasteiger charge is 2.50. The number of nitrogens with zero attached hydrogens (tertiary/aromatic N) is 6. The van der Waals surface area contributed by atoms with Gasteiger partial charge in [-0.3, -0.25) is 29.5 Å². The van der Waals surface area contributed by atoms with Crippen LogP contribution in [0.4, 0.5) is 11.5 Å². The lowest BCUT2D eigenvalue weighted by Crippen LogP contribution is -2.68.